The van der Waals surface area contributed by atoms with E-state index in [0.29, 0.717) is 30.4 Å². The highest BCUT2D eigenvalue weighted by atomic mass is 16.6. The lowest BCUT2D eigenvalue weighted by Gasteiger charge is -2.41. The number of rotatable bonds is 8. The van der Waals surface area contributed by atoms with Crippen molar-refractivity contribution in [1.29, 1.82) is 0 Å². The van der Waals surface area contributed by atoms with Gasteiger partial charge in [0.05, 0.1) is 18.2 Å². The largest absolute Gasteiger partial charge is 0.456 e. The van der Waals surface area contributed by atoms with Crippen LogP contribution in [0.4, 0.5) is 16.2 Å². The van der Waals surface area contributed by atoms with Crippen molar-refractivity contribution in [3.8, 4) is 0 Å². The molecule has 4 rings (SSSR count). The number of esters is 1. The molecule has 0 spiro atoms. The van der Waals surface area contributed by atoms with E-state index in [9.17, 15) is 24.3 Å². The normalized spacial score (nSPS) is 20.1. The van der Waals surface area contributed by atoms with Crippen molar-refractivity contribution >= 4 is 35.3 Å². The zero-order valence-electron chi connectivity index (χ0n) is 27.8. The van der Waals surface area contributed by atoms with Crippen molar-refractivity contribution in [2.75, 3.05) is 29.9 Å². The molecule has 1 heterocycles. The van der Waals surface area contributed by atoms with Gasteiger partial charge in [0.2, 0.25) is 11.8 Å². The Morgan fingerprint density at radius 3 is 2.04 bits per heavy atom. The Hall–Kier alpha value is -3.96. The first-order chi connectivity index (χ1) is 21.6. The Morgan fingerprint density at radius 2 is 1.48 bits per heavy atom. The number of anilines is 2. The van der Waals surface area contributed by atoms with Gasteiger partial charge in [0, 0.05) is 36.9 Å². The van der Waals surface area contributed by atoms with Crippen LogP contribution in [0, 0.1) is 0 Å². The van der Waals surface area contributed by atoms with Crippen molar-refractivity contribution in [2.24, 2.45) is 0 Å². The number of piperazine rings is 1. The van der Waals surface area contributed by atoms with E-state index in [-0.39, 0.29) is 18.4 Å². The van der Waals surface area contributed by atoms with Gasteiger partial charge in [-0.25, -0.2) is 9.59 Å². The topological polar surface area (TPSA) is 138 Å². The smallest absolute Gasteiger partial charge is 0.408 e. The van der Waals surface area contributed by atoms with E-state index in [4.69, 9.17) is 9.47 Å². The number of nitrogens with one attached hydrogen (secondary N) is 2. The summed E-state index contributed by atoms with van der Waals surface area (Å²) in [7, 11) is 0. The number of carbonyl (C=O) groups excluding carboxylic acids is 4. The fourth-order valence-corrected chi connectivity index (χ4v) is 5.66. The van der Waals surface area contributed by atoms with Gasteiger partial charge in [0.1, 0.15) is 17.2 Å². The molecule has 1 aliphatic carbocycles. The van der Waals surface area contributed by atoms with Crippen molar-refractivity contribution in [2.45, 2.75) is 103 Å². The number of aliphatic hydroxyl groups excluding tert-OH is 1. The highest BCUT2D eigenvalue weighted by Crippen LogP contribution is 2.26. The van der Waals surface area contributed by atoms with Gasteiger partial charge in [-0.15, -0.1) is 0 Å². The molecule has 2 fully saturated rings. The number of hydrogen-bond donors (Lipinski definition) is 3. The van der Waals surface area contributed by atoms with E-state index in [0.717, 1.165) is 43.5 Å². The molecule has 250 valence electrons. The summed E-state index contributed by atoms with van der Waals surface area (Å²) in [6.07, 6.45) is 2.61. The molecule has 1 saturated heterocycles. The van der Waals surface area contributed by atoms with Crippen LogP contribution in [0.3, 0.4) is 0 Å². The van der Waals surface area contributed by atoms with Crippen LogP contribution in [0.2, 0.25) is 0 Å². The van der Waals surface area contributed by atoms with Gasteiger partial charge in [-0.2, -0.15) is 0 Å². The van der Waals surface area contributed by atoms with Gasteiger partial charge in [0.25, 0.3) is 0 Å². The van der Waals surface area contributed by atoms with E-state index in [1.54, 1.807) is 70.7 Å². The monoisotopic (exact) mass is 636 g/mol. The van der Waals surface area contributed by atoms with E-state index in [1.807, 2.05) is 24.3 Å². The molecular formula is C35H48N4O7. The number of hydrogen-bond acceptors (Lipinski definition) is 8. The number of carbonyl (C=O) groups is 4. The van der Waals surface area contributed by atoms with Crippen LogP contribution in [0.1, 0.15) is 83.1 Å². The third-order valence-electron chi connectivity index (χ3n) is 7.92. The molecule has 2 aliphatic rings. The molecule has 1 saturated carbocycles. The van der Waals surface area contributed by atoms with Crippen molar-refractivity contribution in [1.82, 2.24) is 10.2 Å². The van der Waals surface area contributed by atoms with E-state index >= 15 is 0 Å². The molecule has 3 amide bonds. The average Bonchev–Trinajstić information content (AvgIpc) is 2.96. The van der Waals surface area contributed by atoms with Gasteiger partial charge in [-0.1, -0.05) is 12.1 Å². The number of aliphatic hydroxyl groups is 1. The number of alkyl carbamates (subject to hydrolysis) is 1. The first-order valence-corrected chi connectivity index (χ1v) is 16.0. The van der Waals surface area contributed by atoms with Gasteiger partial charge in [-0.3, -0.25) is 14.5 Å². The first kappa shape index (κ1) is 34.9. The van der Waals surface area contributed by atoms with Gasteiger partial charge in [0.15, 0.2) is 0 Å². The Kier molecular flexibility index (Phi) is 11.1. The minimum atomic E-state index is -0.967. The number of nitrogens with zero attached hydrogens (tertiary/aromatic N) is 2. The molecule has 11 nitrogen and oxygen atoms in total. The van der Waals surface area contributed by atoms with Crippen LogP contribution in [0.15, 0.2) is 48.5 Å². The number of ether oxygens (including phenoxy) is 2. The molecule has 0 bridgehead atoms. The van der Waals surface area contributed by atoms with E-state index in [2.05, 4.69) is 15.5 Å². The highest BCUT2D eigenvalue weighted by molar-refractivity contribution is 5.98. The Morgan fingerprint density at radius 1 is 0.870 bits per heavy atom. The fraction of sp³-hybridized carbons (Fsp3) is 0.543. The summed E-state index contributed by atoms with van der Waals surface area (Å²) in [5.41, 5.74) is 0.980. The standard InChI is InChI=1S/C35H48N4O7/c1-34(2,3)45-32(43)24-9-11-25(12-10-24)36-31(42)29(37-33(44)46-35(4,5)6)21-23-7-13-27(14-8-23)39-20-19-38(22-30(39)41)26-15-17-28(40)18-16-26/h7-14,26,28-29,40H,15-22H2,1-6H3,(H,36,42)(H,37,44). The third kappa shape index (κ3) is 10.3. The SMILES string of the molecule is CC(C)(C)OC(=O)NC(Cc1ccc(N2CCN(C3CCC(O)CC3)CC2=O)cc1)C(=O)Nc1ccc(C(=O)OC(C)(C)C)cc1. The summed E-state index contributed by atoms with van der Waals surface area (Å²) in [4.78, 5) is 55.6. The van der Waals surface area contributed by atoms with Gasteiger partial charge in [-0.05, 0) is 109 Å². The minimum Gasteiger partial charge on any atom is -0.456 e. The summed E-state index contributed by atoms with van der Waals surface area (Å²) in [5, 5.41) is 15.3. The Bertz CT molecular complexity index is 1370. The van der Waals surface area contributed by atoms with Crippen molar-refractivity contribution < 1.29 is 33.8 Å². The molecule has 2 aromatic rings. The van der Waals surface area contributed by atoms with Crippen LogP contribution in [-0.4, -0.2) is 82.9 Å². The van der Waals surface area contributed by atoms with Crippen LogP contribution >= 0.6 is 0 Å². The second kappa shape index (κ2) is 14.6. The maximum atomic E-state index is 13.4. The Labute approximate surface area is 271 Å². The van der Waals surface area contributed by atoms with Gasteiger partial charge < -0.3 is 30.1 Å². The molecule has 1 aliphatic heterocycles. The van der Waals surface area contributed by atoms with Crippen LogP contribution in [0.25, 0.3) is 0 Å². The lowest BCUT2D eigenvalue weighted by atomic mass is 9.91. The molecule has 2 aromatic carbocycles. The lowest BCUT2D eigenvalue weighted by Crippen LogP contribution is -2.54. The lowest BCUT2D eigenvalue weighted by molar-refractivity contribution is -0.122. The Balaban J connectivity index is 1.41. The van der Waals surface area contributed by atoms with Gasteiger partial charge >= 0.3 is 12.1 Å². The zero-order chi connectivity index (χ0) is 33.6. The summed E-state index contributed by atoms with van der Waals surface area (Å²) in [5.74, 6) is -0.889. The molecule has 11 heteroatoms. The molecule has 1 unspecified atom stereocenters. The molecule has 46 heavy (non-hydrogen) atoms. The van der Waals surface area contributed by atoms with Crippen LogP contribution in [0.5, 0.6) is 0 Å². The maximum Gasteiger partial charge on any atom is 0.408 e. The zero-order valence-corrected chi connectivity index (χ0v) is 27.8. The highest BCUT2D eigenvalue weighted by Gasteiger charge is 2.32. The summed E-state index contributed by atoms with van der Waals surface area (Å²) < 4.78 is 10.8. The number of amides is 3. The molecular weight excluding hydrogens is 588 g/mol. The van der Waals surface area contributed by atoms with E-state index < -0.39 is 35.2 Å². The minimum absolute atomic E-state index is 0.0339. The third-order valence-corrected chi connectivity index (χ3v) is 7.92. The van der Waals surface area contributed by atoms with Crippen molar-refractivity contribution in [3.63, 3.8) is 0 Å². The predicted molar refractivity (Wildman–Crippen MR) is 176 cm³/mol. The average molecular weight is 637 g/mol. The molecule has 0 radical (unpaired) electrons. The molecule has 1 atom stereocenters. The summed E-state index contributed by atoms with van der Waals surface area (Å²) in [6.45, 7) is 12.3. The molecule has 0 aromatic heterocycles. The van der Waals surface area contributed by atoms with Crippen LogP contribution < -0.4 is 15.5 Å². The fourth-order valence-electron chi connectivity index (χ4n) is 5.66. The van der Waals surface area contributed by atoms with Crippen molar-refractivity contribution in [3.05, 3.63) is 59.7 Å². The summed E-state index contributed by atoms with van der Waals surface area (Å²) in [6, 6.07) is 13.1. The van der Waals surface area contributed by atoms with E-state index in [1.165, 1.54) is 0 Å². The predicted octanol–water partition coefficient (Wildman–Crippen LogP) is 4.67. The number of benzene rings is 2. The van der Waals surface area contributed by atoms with Crippen LogP contribution in [-0.2, 0) is 25.5 Å². The quantitative estimate of drug-likeness (QED) is 0.356. The second-order valence-electron chi connectivity index (χ2n) is 14.1. The summed E-state index contributed by atoms with van der Waals surface area (Å²) >= 11 is 0. The molecule has 3 N–H and O–H groups in total. The maximum absolute atomic E-state index is 13.4. The first-order valence-electron chi connectivity index (χ1n) is 16.0. The second-order valence-corrected chi connectivity index (χ2v) is 14.1.